The lowest BCUT2D eigenvalue weighted by Gasteiger charge is -2.28. The van der Waals surface area contributed by atoms with Crippen molar-refractivity contribution in [2.24, 2.45) is 5.92 Å². The highest BCUT2D eigenvalue weighted by molar-refractivity contribution is 6.25. The minimum Gasteiger partial charge on any atom is -0.312 e. The van der Waals surface area contributed by atoms with E-state index in [0.29, 0.717) is 12.0 Å². The molecule has 3 rings (SSSR count). The second kappa shape index (κ2) is 5.49. The molecule has 0 saturated heterocycles. The van der Waals surface area contributed by atoms with Crippen LogP contribution in [0.25, 0.3) is 10.8 Å². The van der Waals surface area contributed by atoms with Crippen LogP contribution in [0, 0.1) is 5.92 Å². The molecule has 0 bridgehead atoms. The van der Waals surface area contributed by atoms with Gasteiger partial charge in [-0.2, -0.15) is 0 Å². The minimum atomic E-state index is 0.130. The Bertz CT molecular complexity index is 673. The molecule has 0 spiro atoms. The second-order valence-corrected chi connectivity index (χ2v) is 6.00. The van der Waals surface area contributed by atoms with Crippen molar-refractivity contribution in [2.45, 2.75) is 26.8 Å². The van der Waals surface area contributed by atoms with Gasteiger partial charge in [0.05, 0.1) is 5.69 Å². The van der Waals surface area contributed by atoms with Gasteiger partial charge in [0, 0.05) is 23.5 Å². The maximum atomic E-state index is 12.7. The summed E-state index contributed by atoms with van der Waals surface area (Å²) in [6, 6.07) is 12.4. The highest BCUT2D eigenvalue weighted by atomic mass is 16.2. The van der Waals surface area contributed by atoms with Crippen molar-refractivity contribution in [3.63, 3.8) is 0 Å². The van der Waals surface area contributed by atoms with Gasteiger partial charge >= 0.3 is 0 Å². The van der Waals surface area contributed by atoms with Crippen LogP contribution in [-0.4, -0.2) is 25.0 Å². The number of amides is 1. The van der Waals surface area contributed by atoms with Crippen molar-refractivity contribution < 1.29 is 4.79 Å². The number of benzene rings is 2. The topological polar surface area (TPSA) is 32.3 Å². The van der Waals surface area contributed by atoms with Crippen molar-refractivity contribution in [1.82, 2.24) is 5.32 Å². The summed E-state index contributed by atoms with van der Waals surface area (Å²) in [5.74, 6) is 0.617. The fourth-order valence-corrected chi connectivity index (χ4v) is 3.13. The van der Waals surface area contributed by atoms with Gasteiger partial charge in [0.15, 0.2) is 0 Å². The van der Waals surface area contributed by atoms with E-state index >= 15 is 0 Å². The number of rotatable bonds is 5. The Morgan fingerprint density at radius 1 is 1.14 bits per heavy atom. The van der Waals surface area contributed by atoms with Crippen LogP contribution in [-0.2, 0) is 0 Å². The van der Waals surface area contributed by atoms with E-state index in [-0.39, 0.29) is 5.91 Å². The number of hydrogen-bond acceptors (Lipinski definition) is 2. The number of likely N-dealkylation sites (N-methyl/N-ethyl adjacent to an activating group) is 1. The molecule has 0 aromatic heterocycles. The van der Waals surface area contributed by atoms with E-state index in [1.54, 1.807) is 0 Å². The van der Waals surface area contributed by atoms with Crippen LogP contribution in [0.15, 0.2) is 36.4 Å². The van der Waals surface area contributed by atoms with Crippen molar-refractivity contribution in [1.29, 1.82) is 0 Å². The molecule has 1 aliphatic rings. The Morgan fingerprint density at radius 3 is 2.52 bits per heavy atom. The van der Waals surface area contributed by atoms with E-state index in [4.69, 9.17) is 0 Å². The fraction of sp³-hybridized carbons (Fsp3) is 0.389. The first-order chi connectivity index (χ1) is 10.1. The van der Waals surface area contributed by atoms with Crippen LogP contribution in [0.3, 0.4) is 0 Å². The number of anilines is 1. The molecule has 21 heavy (non-hydrogen) atoms. The third-order valence-electron chi connectivity index (χ3n) is 4.30. The van der Waals surface area contributed by atoms with E-state index in [2.05, 4.69) is 44.3 Å². The highest BCUT2D eigenvalue weighted by Crippen LogP contribution is 2.37. The highest BCUT2D eigenvalue weighted by Gasteiger charge is 2.31. The number of nitrogens with one attached hydrogen (secondary N) is 1. The molecule has 3 heteroatoms. The predicted octanol–water partition coefficient (Wildman–Crippen LogP) is 3.43. The second-order valence-electron chi connectivity index (χ2n) is 6.00. The Morgan fingerprint density at radius 2 is 1.86 bits per heavy atom. The van der Waals surface area contributed by atoms with Crippen LogP contribution >= 0.6 is 0 Å². The van der Waals surface area contributed by atoms with Crippen molar-refractivity contribution in [3.05, 3.63) is 42.0 Å². The zero-order valence-electron chi connectivity index (χ0n) is 12.9. The Balaban J connectivity index is 1.99. The molecule has 3 nitrogen and oxygen atoms in total. The van der Waals surface area contributed by atoms with Gasteiger partial charge in [-0.05, 0) is 30.0 Å². The molecule has 1 atom stereocenters. The summed E-state index contributed by atoms with van der Waals surface area (Å²) in [7, 11) is 0. The summed E-state index contributed by atoms with van der Waals surface area (Å²) < 4.78 is 0. The molecule has 1 N–H and O–H groups in total. The first-order valence-corrected chi connectivity index (χ1v) is 7.70. The van der Waals surface area contributed by atoms with Gasteiger partial charge in [0.2, 0.25) is 0 Å². The fourth-order valence-electron chi connectivity index (χ4n) is 3.13. The van der Waals surface area contributed by atoms with Crippen LogP contribution in [0.1, 0.15) is 31.1 Å². The maximum absolute atomic E-state index is 12.7. The lowest BCUT2D eigenvalue weighted by atomic mass is 10.0. The Hall–Kier alpha value is -1.87. The van der Waals surface area contributed by atoms with Gasteiger partial charge < -0.3 is 10.2 Å². The quantitative estimate of drug-likeness (QED) is 0.911. The van der Waals surface area contributed by atoms with Crippen LogP contribution < -0.4 is 10.2 Å². The van der Waals surface area contributed by atoms with E-state index in [1.807, 2.05) is 23.1 Å². The van der Waals surface area contributed by atoms with Crippen LogP contribution in [0.5, 0.6) is 0 Å². The van der Waals surface area contributed by atoms with E-state index < -0.39 is 0 Å². The lowest BCUT2D eigenvalue weighted by Crippen LogP contribution is -2.45. The molecular formula is C18H22N2O. The first-order valence-electron chi connectivity index (χ1n) is 7.70. The summed E-state index contributed by atoms with van der Waals surface area (Å²) >= 11 is 0. The van der Waals surface area contributed by atoms with Crippen LogP contribution in [0.4, 0.5) is 5.69 Å². The molecule has 1 amide bonds. The summed E-state index contributed by atoms with van der Waals surface area (Å²) in [5, 5.41) is 5.74. The van der Waals surface area contributed by atoms with Gasteiger partial charge in [0.25, 0.3) is 5.91 Å². The zero-order chi connectivity index (χ0) is 15.0. The minimum absolute atomic E-state index is 0.130. The summed E-state index contributed by atoms with van der Waals surface area (Å²) in [6.45, 7) is 8.14. The number of carbonyl (C=O) groups is 1. The molecule has 0 aliphatic carbocycles. The number of carbonyl (C=O) groups excluding carboxylic acids is 1. The SMILES string of the molecule is CCNC(CN1C(=O)c2cccc3cccc1c23)C(C)C. The zero-order valence-corrected chi connectivity index (χ0v) is 12.9. The number of hydrogen-bond donors (Lipinski definition) is 1. The average Bonchev–Trinajstić information content (AvgIpc) is 2.75. The molecule has 0 saturated carbocycles. The average molecular weight is 282 g/mol. The van der Waals surface area contributed by atoms with Gasteiger partial charge in [-0.15, -0.1) is 0 Å². The molecule has 0 fully saturated rings. The molecule has 1 heterocycles. The Kier molecular flexibility index (Phi) is 3.68. The van der Waals surface area contributed by atoms with Gasteiger partial charge in [-0.3, -0.25) is 4.79 Å². The van der Waals surface area contributed by atoms with Crippen LogP contribution in [0.2, 0.25) is 0 Å². The van der Waals surface area contributed by atoms with Gasteiger partial charge in [0.1, 0.15) is 0 Å². The molecule has 110 valence electrons. The van der Waals surface area contributed by atoms with E-state index in [0.717, 1.165) is 35.1 Å². The normalized spacial score (nSPS) is 15.2. The monoisotopic (exact) mass is 282 g/mol. The molecule has 1 unspecified atom stereocenters. The van der Waals surface area contributed by atoms with Crippen molar-refractivity contribution in [3.8, 4) is 0 Å². The molecule has 2 aromatic carbocycles. The Labute approximate surface area is 125 Å². The maximum Gasteiger partial charge on any atom is 0.259 e. The first kappa shape index (κ1) is 14.1. The van der Waals surface area contributed by atoms with Gasteiger partial charge in [-0.25, -0.2) is 0 Å². The van der Waals surface area contributed by atoms with Crippen molar-refractivity contribution in [2.75, 3.05) is 18.0 Å². The largest absolute Gasteiger partial charge is 0.312 e. The third kappa shape index (κ3) is 2.32. The van der Waals surface area contributed by atoms with E-state index in [1.165, 1.54) is 0 Å². The summed E-state index contributed by atoms with van der Waals surface area (Å²) in [6.07, 6.45) is 0. The smallest absolute Gasteiger partial charge is 0.259 e. The standard InChI is InChI=1S/C18H22N2O/c1-4-19-15(12(2)3)11-20-16-10-6-8-13-7-5-9-14(17(13)16)18(20)21/h5-10,12,15,19H,4,11H2,1-3H3. The molecule has 1 aliphatic heterocycles. The van der Waals surface area contributed by atoms with Gasteiger partial charge in [-0.1, -0.05) is 45.0 Å². The third-order valence-corrected chi connectivity index (χ3v) is 4.30. The molecule has 0 radical (unpaired) electrons. The van der Waals surface area contributed by atoms with Crippen molar-refractivity contribution >= 4 is 22.4 Å². The van der Waals surface area contributed by atoms with E-state index in [9.17, 15) is 4.79 Å². The number of nitrogens with zero attached hydrogens (tertiary/aromatic N) is 1. The summed E-state index contributed by atoms with van der Waals surface area (Å²) in [5.41, 5.74) is 1.89. The molecular weight excluding hydrogens is 260 g/mol. The lowest BCUT2D eigenvalue weighted by molar-refractivity contribution is 0.0989. The predicted molar refractivity (Wildman–Crippen MR) is 87.9 cm³/mol. The summed E-state index contributed by atoms with van der Waals surface area (Å²) in [4.78, 5) is 14.7. The molecule has 2 aromatic rings.